The van der Waals surface area contributed by atoms with Crippen molar-refractivity contribution in [2.75, 3.05) is 18.1 Å². The third kappa shape index (κ3) is 5.95. The van der Waals surface area contributed by atoms with Crippen LogP contribution in [0.1, 0.15) is 23.6 Å². The van der Waals surface area contributed by atoms with Gasteiger partial charge in [-0.25, -0.2) is 0 Å². The SMILES string of the molecule is CCOC(=O)CN(C(=O)Cc1ccccc1Oc1ccc(C)cc1C)c1ccccc1. The Kier molecular flexibility index (Phi) is 7.44. The lowest BCUT2D eigenvalue weighted by molar-refractivity contribution is -0.142. The van der Waals surface area contributed by atoms with Crippen LogP contribution in [-0.2, 0) is 20.7 Å². The molecule has 0 heterocycles. The molecule has 0 N–H and O–H groups in total. The largest absolute Gasteiger partial charge is 0.465 e. The van der Waals surface area contributed by atoms with Crippen LogP contribution in [0.15, 0.2) is 72.8 Å². The number of ether oxygens (including phenoxy) is 2. The van der Waals surface area contributed by atoms with Gasteiger partial charge in [-0.3, -0.25) is 9.59 Å². The second-order valence-electron chi connectivity index (χ2n) is 7.28. The molecule has 0 spiro atoms. The second kappa shape index (κ2) is 10.4. The van der Waals surface area contributed by atoms with Gasteiger partial charge in [0, 0.05) is 11.3 Å². The Morgan fingerprint density at radius 2 is 1.58 bits per heavy atom. The number of hydrogen-bond acceptors (Lipinski definition) is 4. The molecule has 0 aliphatic carbocycles. The quantitative estimate of drug-likeness (QED) is 0.471. The molecule has 160 valence electrons. The van der Waals surface area contributed by atoms with Gasteiger partial charge in [-0.2, -0.15) is 0 Å². The molecule has 0 radical (unpaired) electrons. The van der Waals surface area contributed by atoms with E-state index in [1.54, 1.807) is 19.1 Å². The van der Waals surface area contributed by atoms with Crippen molar-refractivity contribution in [1.82, 2.24) is 0 Å². The number of anilines is 1. The monoisotopic (exact) mass is 417 g/mol. The highest BCUT2D eigenvalue weighted by Gasteiger charge is 2.21. The van der Waals surface area contributed by atoms with E-state index in [4.69, 9.17) is 9.47 Å². The fraction of sp³-hybridized carbons (Fsp3) is 0.231. The van der Waals surface area contributed by atoms with Crippen molar-refractivity contribution in [3.63, 3.8) is 0 Å². The van der Waals surface area contributed by atoms with E-state index in [1.165, 1.54) is 4.90 Å². The first-order valence-electron chi connectivity index (χ1n) is 10.3. The smallest absolute Gasteiger partial charge is 0.326 e. The summed E-state index contributed by atoms with van der Waals surface area (Å²) in [6.45, 7) is 5.89. The average Bonchev–Trinajstić information content (AvgIpc) is 2.76. The third-order valence-electron chi connectivity index (χ3n) is 4.83. The van der Waals surface area contributed by atoms with E-state index in [9.17, 15) is 9.59 Å². The van der Waals surface area contributed by atoms with E-state index >= 15 is 0 Å². The maximum absolute atomic E-state index is 13.2. The minimum atomic E-state index is -0.445. The molecule has 31 heavy (non-hydrogen) atoms. The number of nitrogens with zero attached hydrogens (tertiary/aromatic N) is 1. The lowest BCUT2D eigenvalue weighted by atomic mass is 10.1. The summed E-state index contributed by atoms with van der Waals surface area (Å²) >= 11 is 0. The van der Waals surface area contributed by atoms with Gasteiger partial charge < -0.3 is 14.4 Å². The summed E-state index contributed by atoms with van der Waals surface area (Å²) in [6, 6.07) is 22.6. The minimum absolute atomic E-state index is 0.0926. The van der Waals surface area contributed by atoms with Gasteiger partial charge in [-0.1, -0.05) is 54.1 Å². The van der Waals surface area contributed by atoms with Gasteiger partial charge in [-0.05, 0) is 50.6 Å². The van der Waals surface area contributed by atoms with Crippen molar-refractivity contribution >= 4 is 17.6 Å². The molecule has 0 fully saturated rings. The fourth-order valence-electron chi connectivity index (χ4n) is 3.31. The summed E-state index contributed by atoms with van der Waals surface area (Å²) in [5, 5.41) is 0. The number of aryl methyl sites for hydroxylation is 2. The lowest BCUT2D eigenvalue weighted by Crippen LogP contribution is -2.37. The Morgan fingerprint density at radius 1 is 0.871 bits per heavy atom. The van der Waals surface area contributed by atoms with Crippen LogP contribution in [-0.4, -0.2) is 25.0 Å². The number of para-hydroxylation sites is 2. The predicted molar refractivity (Wildman–Crippen MR) is 122 cm³/mol. The number of esters is 1. The van der Waals surface area contributed by atoms with Crippen molar-refractivity contribution in [2.45, 2.75) is 27.2 Å². The predicted octanol–water partition coefficient (Wildman–Crippen LogP) is 5.23. The zero-order valence-electron chi connectivity index (χ0n) is 18.1. The summed E-state index contributed by atoms with van der Waals surface area (Å²) in [7, 11) is 0. The highest BCUT2D eigenvalue weighted by atomic mass is 16.5. The zero-order chi connectivity index (χ0) is 22.2. The normalized spacial score (nSPS) is 10.4. The van der Waals surface area contributed by atoms with E-state index in [-0.39, 0.29) is 25.5 Å². The van der Waals surface area contributed by atoms with Crippen molar-refractivity contribution < 1.29 is 19.1 Å². The first kappa shape index (κ1) is 22.1. The molecule has 0 atom stereocenters. The van der Waals surface area contributed by atoms with Gasteiger partial charge in [0.05, 0.1) is 13.0 Å². The molecule has 0 saturated carbocycles. The molecule has 3 aromatic carbocycles. The molecule has 0 saturated heterocycles. The van der Waals surface area contributed by atoms with Crippen LogP contribution < -0.4 is 9.64 Å². The molecule has 0 aromatic heterocycles. The van der Waals surface area contributed by atoms with Crippen LogP contribution in [0.5, 0.6) is 11.5 Å². The molecular formula is C26H27NO4. The molecule has 0 aliphatic rings. The van der Waals surface area contributed by atoms with E-state index in [0.29, 0.717) is 11.4 Å². The number of amides is 1. The number of rotatable bonds is 8. The Labute approximate surface area is 183 Å². The van der Waals surface area contributed by atoms with E-state index in [0.717, 1.165) is 22.4 Å². The molecule has 3 aromatic rings. The number of carbonyl (C=O) groups excluding carboxylic acids is 2. The lowest BCUT2D eigenvalue weighted by Gasteiger charge is -2.22. The Morgan fingerprint density at radius 3 is 2.29 bits per heavy atom. The van der Waals surface area contributed by atoms with Crippen LogP contribution in [0.25, 0.3) is 0 Å². The van der Waals surface area contributed by atoms with Gasteiger partial charge in [0.2, 0.25) is 5.91 Å². The van der Waals surface area contributed by atoms with Crippen molar-refractivity contribution in [3.05, 3.63) is 89.5 Å². The highest BCUT2D eigenvalue weighted by molar-refractivity contribution is 5.99. The maximum Gasteiger partial charge on any atom is 0.326 e. The van der Waals surface area contributed by atoms with Gasteiger partial charge in [0.1, 0.15) is 18.0 Å². The molecule has 5 heteroatoms. The molecule has 5 nitrogen and oxygen atoms in total. The summed E-state index contributed by atoms with van der Waals surface area (Å²) in [5.41, 5.74) is 3.57. The van der Waals surface area contributed by atoms with Crippen molar-refractivity contribution in [2.24, 2.45) is 0 Å². The van der Waals surface area contributed by atoms with Gasteiger partial charge >= 0.3 is 5.97 Å². The first-order chi connectivity index (χ1) is 15.0. The van der Waals surface area contributed by atoms with Crippen LogP contribution in [0.2, 0.25) is 0 Å². The molecule has 1 amide bonds. The summed E-state index contributed by atoms with van der Waals surface area (Å²) in [5.74, 6) is 0.708. The second-order valence-corrected chi connectivity index (χ2v) is 7.28. The minimum Gasteiger partial charge on any atom is -0.465 e. The van der Waals surface area contributed by atoms with Crippen molar-refractivity contribution in [3.8, 4) is 11.5 Å². The summed E-state index contributed by atoms with van der Waals surface area (Å²) in [6.07, 6.45) is 0.0926. The van der Waals surface area contributed by atoms with Gasteiger partial charge in [0.25, 0.3) is 0 Å². The van der Waals surface area contributed by atoms with Gasteiger partial charge in [-0.15, -0.1) is 0 Å². The third-order valence-corrected chi connectivity index (χ3v) is 4.83. The number of carbonyl (C=O) groups is 2. The highest BCUT2D eigenvalue weighted by Crippen LogP contribution is 2.29. The molecular weight excluding hydrogens is 390 g/mol. The Bertz CT molecular complexity index is 1050. The van der Waals surface area contributed by atoms with Crippen molar-refractivity contribution in [1.29, 1.82) is 0 Å². The zero-order valence-corrected chi connectivity index (χ0v) is 18.1. The molecule has 0 aliphatic heterocycles. The topological polar surface area (TPSA) is 55.8 Å². The molecule has 0 bridgehead atoms. The van der Waals surface area contributed by atoms with Crippen LogP contribution >= 0.6 is 0 Å². The van der Waals surface area contributed by atoms with E-state index in [1.807, 2.05) is 68.4 Å². The first-order valence-corrected chi connectivity index (χ1v) is 10.3. The summed E-state index contributed by atoms with van der Waals surface area (Å²) in [4.78, 5) is 26.8. The van der Waals surface area contributed by atoms with Crippen LogP contribution in [0.3, 0.4) is 0 Å². The maximum atomic E-state index is 13.2. The Hall–Kier alpha value is -3.60. The molecule has 3 rings (SSSR count). The van der Waals surface area contributed by atoms with E-state index < -0.39 is 5.97 Å². The fourth-order valence-corrected chi connectivity index (χ4v) is 3.31. The number of benzene rings is 3. The Balaban J connectivity index is 1.84. The number of hydrogen-bond donors (Lipinski definition) is 0. The standard InChI is InChI=1S/C26H27NO4/c1-4-30-26(29)18-27(22-11-6-5-7-12-22)25(28)17-21-10-8-9-13-24(21)31-23-15-14-19(2)16-20(23)3/h5-16H,4,17-18H2,1-3H3. The van der Waals surface area contributed by atoms with Gasteiger partial charge in [0.15, 0.2) is 0 Å². The average molecular weight is 418 g/mol. The summed E-state index contributed by atoms with van der Waals surface area (Å²) < 4.78 is 11.2. The van der Waals surface area contributed by atoms with E-state index in [2.05, 4.69) is 6.07 Å². The van der Waals surface area contributed by atoms with Crippen LogP contribution in [0.4, 0.5) is 5.69 Å². The molecule has 0 unspecified atom stereocenters. The van der Waals surface area contributed by atoms with Crippen LogP contribution in [0, 0.1) is 13.8 Å².